The maximum atomic E-state index is 10.6. The molecule has 1 unspecified atom stereocenters. The van der Waals surface area contributed by atoms with E-state index in [2.05, 4.69) is 15.9 Å². The van der Waals surface area contributed by atoms with E-state index in [9.17, 15) is 13.6 Å². The molecule has 6 heteroatoms. The molecule has 1 N–H and O–H groups in total. The quantitative estimate of drug-likeness (QED) is 0.850. The van der Waals surface area contributed by atoms with E-state index in [0.29, 0.717) is 10.0 Å². The second kappa shape index (κ2) is 4.68. The Morgan fingerprint density at radius 1 is 1.50 bits per heavy atom. The lowest BCUT2D eigenvalue weighted by atomic mass is 10.1. The maximum absolute atomic E-state index is 10.6. The zero-order valence-corrected chi connectivity index (χ0v) is 9.30. The Hall–Kier alpha value is -0.720. The van der Waals surface area contributed by atoms with Gasteiger partial charge in [-0.05, 0) is 23.8 Å². The molecule has 0 fully saturated rings. The molecule has 4 nitrogen and oxygen atoms in total. The van der Waals surface area contributed by atoms with Crippen molar-refractivity contribution in [3.8, 4) is 0 Å². The predicted octanol–water partition coefficient (Wildman–Crippen LogP) is 1.53. The summed E-state index contributed by atoms with van der Waals surface area (Å²) in [6.45, 7) is 0. The highest BCUT2D eigenvalue weighted by atomic mass is 79.9. The lowest BCUT2D eigenvalue weighted by molar-refractivity contribution is 0.0696. The Labute approximate surface area is 91.4 Å². The molecule has 0 aromatic heterocycles. The third-order valence-electron chi connectivity index (χ3n) is 1.49. The molecule has 0 heterocycles. The number of carboxylic acid groups (broad SMARTS) is 1. The van der Waals surface area contributed by atoms with Gasteiger partial charge in [0.05, 0.1) is 5.56 Å². The molecule has 0 aliphatic carbocycles. The zero-order chi connectivity index (χ0) is 10.7. The molecular weight excluding hydrogens is 272 g/mol. The Bertz CT molecular complexity index is 391. The number of halogens is 1. The van der Waals surface area contributed by atoms with Crippen LogP contribution in [0.2, 0.25) is 0 Å². The number of rotatable bonds is 3. The summed E-state index contributed by atoms with van der Waals surface area (Å²) in [5, 5.41) is 8.69. The summed E-state index contributed by atoms with van der Waals surface area (Å²) < 4.78 is 21.4. The molecule has 14 heavy (non-hydrogen) atoms. The molecule has 0 amide bonds. The van der Waals surface area contributed by atoms with Crippen molar-refractivity contribution in [2.75, 3.05) is 0 Å². The number of carboxylic acids is 1. The van der Waals surface area contributed by atoms with E-state index >= 15 is 0 Å². The minimum absolute atomic E-state index is 0.0693. The molecule has 1 aromatic rings. The second-order valence-electron chi connectivity index (χ2n) is 2.60. The van der Waals surface area contributed by atoms with Gasteiger partial charge in [-0.15, -0.1) is 0 Å². The molecule has 1 aromatic carbocycles. The van der Waals surface area contributed by atoms with E-state index in [0.717, 1.165) is 0 Å². The van der Waals surface area contributed by atoms with E-state index in [1.807, 2.05) is 0 Å². The van der Waals surface area contributed by atoms with Crippen LogP contribution in [-0.4, -0.2) is 19.8 Å². The summed E-state index contributed by atoms with van der Waals surface area (Å²) in [5.74, 6) is -1.26. The summed E-state index contributed by atoms with van der Waals surface area (Å²) in [6.07, 6.45) is 0. The second-order valence-corrected chi connectivity index (χ2v) is 4.41. The van der Waals surface area contributed by atoms with Crippen molar-refractivity contribution in [1.29, 1.82) is 0 Å². The average Bonchev–Trinajstić information content (AvgIpc) is 2.01. The molecule has 1 atom stereocenters. The van der Waals surface area contributed by atoms with Crippen molar-refractivity contribution in [2.24, 2.45) is 0 Å². The first-order chi connectivity index (χ1) is 6.49. The van der Waals surface area contributed by atoms with Crippen molar-refractivity contribution in [1.82, 2.24) is 0 Å². The van der Waals surface area contributed by atoms with Gasteiger partial charge in [0, 0.05) is 10.2 Å². The van der Waals surface area contributed by atoms with Gasteiger partial charge in [0.2, 0.25) is 0 Å². The van der Waals surface area contributed by atoms with Crippen molar-refractivity contribution >= 4 is 33.0 Å². The summed E-state index contributed by atoms with van der Waals surface area (Å²) in [7, 11) is 0. The number of hydrogen-bond acceptors (Lipinski definition) is 3. The first kappa shape index (κ1) is 11.4. The van der Waals surface area contributed by atoms with Crippen LogP contribution >= 0.6 is 15.9 Å². The fourth-order valence-electron chi connectivity index (χ4n) is 0.993. The molecule has 1 rings (SSSR count). The lowest BCUT2D eigenvalue weighted by Crippen LogP contribution is -2.00. The van der Waals surface area contributed by atoms with Crippen LogP contribution in [0, 0.1) is 0 Å². The number of benzene rings is 1. The maximum Gasteiger partial charge on any atom is 0.335 e. The fourth-order valence-corrected chi connectivity index (χ4v) is 1.97. The Kier molecular flexibility index (Phi) is 3.79. The highest BCUT2D eigenvalue weighted by Gasteiger charge is 2.05. The van der Waals surface area contributed by atoms with Crippen LogP contribution in [0.25, 0.3) is 0 Å². The van der Waals surface area contributed by atoms with Crippen LogP contribution < -0.4 is 0 Å². The molecule has 0 bridgehead atoms. The molecule has 0 saturated carbocycles. The number of hydrogen-bond donors (Lipinski definition) is 1. The minimum atomic E-state index is -2.21. The van der Waals surface area contributed by atoms with Gasteiger partial charge < -0.3 is 9.66 Å². The highest BCUT2D eigenvalue weighted by molar-refractivity contribution is 9.10. The molecule has 0 radical (unpaired) electrons. The van der Waals surface area contributed by atoms with E-state index in [4.69, 9.17) is 5.11 Å². The van der Waals surface area contributed by atoms with Crippen LogP contribution in [0.4, 0.5) is 0 Å². The van der Waals surface area contributed by atoms with Crippen LogP contribution in [0.15, 0.2) is 22.7 Å². The average molecular weight is 278 g/mol. The zero-order valence-electron chi connectivity index (χ0n) is 6.90. The third-order valence-corrected chi connectivity index (χ3v) is 2.52. The van der Waals surface area contributed by atoms with Crippen molar-refractivity contribution < 1.29 is 18.7 Å². The normalized spacial score (nSPS) is 12.4. The SMILES string of the molecule is O=C(O)c1cc(Br)cc(CS(=O)[O-])c1. The van der Waals surface area contributed by atoms with Crippen LogP contribution in [0.5, 0.6) is 0 Å². The van der Waals surface area contributed by atoms with Gasteiger partial charge in [-0.3, -0.25) is 4.21 Å². The fraction of sp³-hybridized carbons (Fsp3) is 0.125. The number of aromatic carboxylic acids is 1. The Morgan fingerprint density at radius 3 is 2.64 bits per heavy atom. The Morgan fingerprint density at radius 2 is 2.14 bits per heavy atom. The summed E-state index contributed by atoms with van der Waals surface area (Å²) in [5.41, 5.74) is 0.518. The van der Waals surface area contributed by atoms with Gasteiger partial charge in [-0.1, -0.05) is 27.0 Å². The van der Waals surface area contributed by atoms with E-state index < -0.39 is 17.0 Å². The summed E-state index contributed by atoms with van der Waals surface area (Å²) in [4.78, 5) is 10.6. The summed E-state index contributed by atoms with van der Waals surface area (Å²) >= 11 is 0.897. The van der Waals surface area contributed by atoms with Crippen molar-refractivity contribution in [3.63, 3.8) is 0 Å². The number of carbonyl (C=O) groups is 1. The highest BCUT2D eigenvalue weighted by Crippen LogP contribution is 2.16. The topological polar surface area (TPSA) is 77.4 Å². The van der Waals surface area contributed by atoms with Gasteiger partial charge in [0.15, 0.2) is 0 Å². The standard InChI is InChI=1S/C8H7BrO4S/c9-7-2-5(4-14(12)13)1-6(3-7)8(10)11/h1-3H,4H2,(H,10,11)(H,12,13)/p-1. The molecule has 0 spiro atoms. The predicted molar refractivity (Wildman–Crippen MR) is 53.7 cm³/mol. The van der Waals surface area contributed by atoms with Gasteiger partial charge in [0.25, 0.3) is 0 Å². The Balaban J connectivity index is 3.07. The minimum Gasteiger partial charge on any atom is -0.772 e. The molecule has 0 aliphatic heterocycles. The molecular formula is C8H6BrO4S-. The van der Waals surface area contributed by atoms with Crippen molar-refractivity contribution in [3.05, 3.63) is 33.8 Å². The largest absolute Gasteiger partial charge is 0.772 e. The monoisotopic (exact) mass is 277 g/mol. The molecule has 76 valence electrons. The van der Waals surface area contributed by atoms with Gasteiger partial charge in [0.1, 0.15) is 0 Å². The van der Waals surface area contributed by atoms with Crippen LogP contribution in [0.3, 0.4) is 0 Å². The molecule has 0 aliphatic rings. The molecule has 0 saturated heterocycles. The van der Waals surface area contributed by atoms with Gasteiger partial charge in [-0.2, -0.15) is 0 Å². The van der Waals surface area contributed by atoms with E-state index in [1.165, 1.54) is 12.1 Å². The van der Waals surface area contributed by atoms with Gasteiger partial charge >= 0.3 is 5.97 Å². The van der Waals surface area contributed by atoms with Crippen LogP contribution in [0.1, 0.15) is 15.9 Å². The van der Waals surface area contributed by atoms with E-state index in [1.54, 1.807) is 6.07 Å². The summed E-state index contributed by atoms with van der Waals surface area (Å²) in [6, 6.07) is 4.32. The van der Waals surface area contributed by atoms with Crippen molar-refractivity contribution in [2.45, 2.75) is 5.75 Å². The first-order valence-electron chi connectivity index (χ1n) is 3.57. The third kappa shape index (κ3) is 3.21. The first-order valence-corrected chi connectivity index (χ1v) is 5.61. The van der Waals surface area contributed by atoms with Gasteiger partial charge in [-0.25, -0.2) is 4.79 Å². The van der Waals surface area contributed by atoms with Crippen LogP contribution in [-0.2, 0) is 16.8 Å². The van der Waals surface area contributed by atoms with E-state index in [-0.39, 0.29) is 11.3 Å². The smallest absolute Gasteiger partial charge is 0.335 e. The lowest BCUT2D eigenvalue weighted by Gasteiger charge is -2.06.